The third-order valence-corrected chi connectivity index (χ3v) is 8.75. The molecule has 2 saturated heterocycles. The molecule has 1 aromatic carbocycles. The van der Waals surface area contributed by atoms with Crippen LogP contribution in [0.1, 0.15) is 45.2 Å². The Kier molecular flexibility index (Phi) is 9.83. The van der Waals surface area contributed by atoms with Crippen LogP contribution in [0.5, 0.6) is 5.88 Å². The molecule has 3 aliphatic heterocycles. The van der Waals surface area contributed by atoms with Crippen LogP contribution in [0.3, 0.4) is 0 Å². The zero-order valence-electron chi connectivity index (χ0n) is 25.6. The van der Waals surface area contributed by atoms with Crippen LogP contribution >= 0.6 is 0 Å². The maximum atomic E-state index is 14.3. The van der Waals surface area contributed by atoms with Crippen molar-refractivity contribution >= 4 is 17.7 Å². The number of nitrogens with zero attached hydrogens (tertiary/aromatic N) is 5. The topological polar surface area (TPSA) is 98.7 Å². The van der Waals surface area contributed by atoms with Crippen LogP contribution in [0.15, 0.2) is 36.5 Å². The van der Waals surface area contributed by atoms with E-state index in [2.05, 4.69) is 35.6 Å². The summed E-state index contributed by atoms with van der Waals surface area (Å²) < 4.78 is 25.2. The van der Waals surface area contributed by atoms with E-state index in [1.165, 1.54) is 17.0 Å². The van der Waals surface area contributed by atoms with Crippen molar-refractivity contribution in [2.75, 3.05) is 57.4 Å². The lowest BCUT2D eigenvalue weighted by molar-refractivity contribution is -0.122. The molecule has 1 aromatic heterocycles. The van der Waals surface area contributed by atoms with Crippen molar-refractivity contribution in [1.29, 1.82) is 0 Å². The molecule has 0 saturated carbocycles. The number of anilines is 1. The number of fused-ring (bicyclic) bond motifs is 1. The number of hydrogen-bond donors (Lipinski definition) is 1. The fourth-order valence-corrected chi connectivity index (χ4v) is 6.50. The molecule has 10 nitrogen and oxygen atoms in total. The Labute approximate surface area is 253 Å². The average Bonchev–Trinajstić information content (AvgIpc) is 2.96. The summed E-state index contributed by atoms with van der Waals surface area (Å²) in [6, 6.07) is 8.05. The minimum absolute atomic E-state index is 0.0491. The fourth-order valence-electron chi connectivity index (χ4n) is 6.50. The van der Waals surface area contributed by atoms with Gasteiger partial charge in [-0.25, -0.2) is 14.2 Å². The number of rotatable bonds is 8. The summed E-state index contributed by atoms with van der Waals surface area (Å²) in [6.07, 6.45) is 2.13. The lowest BCUT2D eigenvalue weighted by Gasteiger charge is -2.47. The van der Waals surface area contributed by atoms with Gasteiger partial charge in [0, 0.05) is 50.5 Å². The lowest BCUT2D eigenvalue weighted by Crippen LogP contribution is -2.64. The molecule has 0 aliphatic carbocycles. The Hall–Kier alpha value is -3.28. The quantitative estimate of drug-likeness (QED) is 0.492. The van der Waals surface area contributed by atoms with Crippen LogP contribution < -0.4 is 9.64 Å². The summed E-state index contributed by atoms with van der Waals surface area (Å²) in [5.41, 5.74) is 2.50. The molecule has 43 heavy (non-hydrogen) atoms. The average molecular weight is 598 g/mol. The molecule has 0 spiro atoms. The third kappa shape index (κ3) is 7.45. The molecular formula is C32H44FN5O5. The molecule has 2 aromatic rings. The van der Waals surface area contributed by atoms with Crippen LogP contribution in [-0.2, 0) is 16.0 Å². The van der Waals surface area contributed by atoms with Crippen LogP contribution in [0.2, 0.25) is 0 Å². The summed E-state index contributed by atoms with van der Waals surface area (Å²) >= 11 is 0. The number of benzene rings is 1. The second-order valence-corrected chi connectivity index (χ2v) is 12.6. The third-order valence-electron chi connectivity index (χ3n) is 8.75. The Balaban J connectivity index is 1.41. The molecule has 4 atom stereocenters. The summed E-state index contributed by atoms with van der Waals surface area (Å²) in [5, 5.41) is 9.89. The van der Waals surface area contributed by atoms with Gasteiger partial charge in [-0.2, -0.15) is 0 Å². The summed E-state index contributed by atoms with van der Waals surface area (Å²) in [4.78, 5) is 38.8. The second-order valence-electron chi connectivity index (χ2n) is 12.6. The van der Waals surface area contributed by atoms with Gasteiger partial charge in [0.15, 0.2) is 0 Å². The van der Waals surface area contributed by atoms with Gasteiger partial charge in [-0.15, -0.1) is 0 Å². The Morgan fingerprint density at radius 3 is 2.51 bits per heavy atom. The number of halogens is 1. The van der Waals surface area contributed by atoms with Gasteiger partial charge in [0.2, 0.25) is 11.8 Å². The highest BCUT2D eigenvalue weighted by Gasteiger charge is 2.40. The van der Waals surface area contributed by atoms with E-state index in [1.807, 2.05) is 17.9 Å². The van der Waals surface area contributed by atoms with Crippen molar-refractivity contribution < 1.29 is 28.6 Å². The lowest BCUT2D eigenvalue weighted by atomic mass is 10.00. The van der Waals surface area contributed by atoms with Gasteiger partial charge in [-0.1, -0.05) is 26.0 Å². The van der Waals surface area contributed by atoms with Crippen molar-refractivity contribution in [2.45, 2.75) is 64.7 Å². The number of pyridine rings is 1. The zero-order valence-corrected chi connectivity index (χ0v) is 25.6. The summed E-state index contributed by atoms with van der Waals surface area (Å²) in [7, 11) is 0. The molecule has 234 valence electrons. The van der Waals surface area contributed by atoms with Gasteiger partial charge in [0.1, 0.15) is 18.1 Å². The van der Waals surface area contributed by atoms with E-state index in [1.54, 1.807) is 18.3 Å². The highest BCUT2D eigenvalue weighted by Crippen LogP contribution is 2.35. The Morgan fingerprint density at radius 1 is 1.05 bits per heavy atom. The normalized spacial score (nSPS) is 25.0. The molecule has 4 heterocycles. The fraction of sp³-hybridized carbons (Fsp3) is 0.594. The SMILES string of the molecule is CC(C)CC1COc2ncc(Cc3ccc(F)cc3)cc2N1C(=O)CN1C[C@@H](C)N(C(=O)O)C[C@@H]1CN1CCOCC1C. The number of piperazine rings is 1. The first kappa shape index (κ1) is 31.2. The number of ether oxygens (including phenoxy) is 2. The van der Waals surface area contributed by atoms with Crippen molar-refractivity contribution in [1.82, 2.24) is 19.7 Å². The molecule has 2 unspecified atom stereocenters. The van der Waals surface area contributed by atoms with Crippen LogP contribution in [0.4, 0.5) is 14.9 Å². The van der Waals surface area contributed by atoms with Crippen LogP contribution in [-0.4, -0.2) is 114 Å². The standard InChI is InChI=1S/C32H44FN5O5/c1-21(2)11-27-20-43-31-29(13-25(14-34-31)12-24-5-7-26(33)8-6-24)38(27)30(39)18-36-15-22(3)37(32(40)41)17-28(36)16-35-9-10-42-19-23(35)4/h5-8,13-14,21-23,27-28H,9-12,15-20H2,1-4H3,(H,40,41)/t22-,23?,27?,28+/m1/s1. The first-order valence-electron chi connectivity index (χ1n) is 15.3. The summed E-state index contributed by atoms with van der Waals surface area (Å²) in [5.74, 6) is 0.440. The first-order chi connectivity index (χ1) is 20.6. The van der Waals surface area contributed by atoms with E-state index in [-0.39, 0.29) is 42.4 Å². The van der Waals surface area contributed by atoms with Crippen molar-refractivity contribution in [3.05, 3.63) is 53.5 Å². The van der Waals surface area contributed by atoms with E-state index < -0.39 is 6.09 Å². The Bertz CT molecular complexity index is 1280. The van der Waals surface area contributed by atoms with Gasteiger partial charge in [-0.3, -0.25) is 19.5 Å². The van der Waals surface area contributed by atoms with Gasteiger partial charge < -0.3 is 19.5 Å². The van der Waals surface area contributed by atoms with E-state index in [0.717, 1.165) is 24.1 Å². The molecule has 5 rings (SSSR count). The monoisotopic (exact) mass is 597 g/mol. The molecule has 0 radical (unpaired) electrons. The second kappa shape index (κ2) is 13.6. The largest absolute Gasteiger partial charge is 0.474 e. The highest BCUT2D eigenvalue weighted by molar-refractivity contribution is 5.97. The minimum Gasteiger partial charge on any atom is -0.474 e. The highest BCUT2D eigenvalue weighted by atomic mass is 19.1. The number of aromatic nitrogens is 1. The molecular weight excluding hydrogens is 553 g/mol. The number of carbonyl (C=O) groups is 2. The van der Waals surface area contributed by atoms with Crippen molar-refractivity contribution in [2.24, 2.45) is 5.92 Å². The smallest absolute Gasteiger partial charge is 0.407 e. The molecule has 2 fully saturated rings. The summed E-state index contributed by atoms with van der Waals surface area (Å²) in [6.45, 7) is 12.3. The van der Waals surface area contributed by atoms with Gasteiger partial charge in [-0.05, 0) is 61.9 Å². The van der Waals surface area contributed by atoms with E-state index in [4.69, 9.17) is 9.47 Å². The molecule has 0 bridgehead atoms. The number of hydrogen-bond acceptors (Lipinski definition) is 7. The number of carboxylic acid groups (broad SMARTS) is 1. The maximum Gasteiger partial charge on any atom is 0.407 e. The minimum atomic E-state index is -0.933. The zero-order chi connectivity index (χ0) is 30.7. The molecule has 1 N–H and O–H groups in total. The maximum absolute atomic E-state index is 14.3. The van der Waals surface area contributed by atoms with Crippen LogP contribution in [0.25, 0.3) is 0 Å². The van der Waals surface area contributed by atoms with Gasteiger partial charge >= 0.3 is 6.09 Å². The van der Waals surface area contributed by atoms with Crippen LogP contribution in [0, 0.1) is 11.7 Å². The number of carbonyl (C=O) groups excluding carboxylic acids is 1. The predicted molar refractivity (Wildman–Crippen MR) is 161 cm³/mol. The van der Waals surface area contributed by atoms with E-state index in [0.29, 0.717) is 63.4 Å². The first-order valence-corrected chi connectivity index (χ1v) is 15.3. The van der Waals surface area contributed by atoms with Gasteiger partial charge in [0.05, 0.1) is 25.8 Å². The Morgan fingerprint density at radius 2 is 1.81 bits per heavy atom. The van der Waals surface area contributed by atoms with E-state index >= 15 is 0 Å². The number of amides is 2. The molecule has 11 heteroatoms. The predicted octanol–water partition coefficient (Wildman–Crippen LogP) is 3.73. The molecule has 2 amide bonds. The van der Waals surface area contributed by atoms with E-state index in [9.17, 15) is 19.1 Å². The number of morpholine rings is 1. The molecule has 3 aliphatic rings. The van der Waals surface area contributed by atoms with Gasteiger partial charge in [0.25, 0.3) is 0 Å². The van der Waals surface area contributed by atoms with Crippen molar-refractivity contribution in [3.8, 4) is 5.88 Å². The van der Waals surface area contributed by atoms with Crippen molar-refractivity contribution in [3.63, 3.8) is 0 Å².